The molecule has 0 radical (unpaired) electrons. The fourth-order valence-electron chi connectivity index (χ4n) is 3.80. The fourth-order valence-corrected chi connectivity index (χ4v) is 3.80. The molecule has 1 aliphatic heterocycles. The Morgan fingerprint density at radius 1 is 1.10 bits per heavy atom. The Morgan fingerprint density at radius 3 is 2.55 bits per heavy atom. The molecule has 0 aromatic carbocycles. The van der Waals surface area contributed by atoms with Crippen molar-refractivity contribution in [1.29, 1.82) is 0 Å². The topological polar surface area (TPSA) is 97.9 Å². The number of aryl methyl sites for hydroxylation is 3. The van der Waals surface area contributed by atoms with Crippen molar-refractivity contribution in [3.05, 3.63) is 53.3 Å². The molecule has 4 heterocycles. The van der Waals surface area contributed by atoms with E-state index in [-0.39, 0.29) is 5.91 Å². The summed E-state index contributed by atoms with van der Waals surface area (Å²) in [5, 5.41) is 4.01. The van der Waals surface area contributed by atoms with Gasteiger partial charge >= 0.3 is 0 Å². The largest absolute Gasteiger partial charge is 0.361 e. The zero-order valence-electron chi connectivity index (χ0n) is 16.9. The Balaban J connectivity index is 1.38. The Bertz CT molecular complexity index is 987. The fraction of sp³-hybridized carbons (Fsp3) is 0.429. The molecule has 1 aliphatic rings. The third-order valence-electron chi connectivity index (χ3n) is 5.41. The molecule has 29 heavy (non-hydrogen) atoms. The number of aromatic nitrogens is 5. The average molecular weight is 392 g/mol. The first-order chi connectivity index (χ1) is 14.0. The van der Waals surface area contributed by atoms with Gasteiger partial charge in [-0.2, -0.15) is 0 Å². The second-order valence-electron chi connectivity index (χ2n) is 7.58. The van der Waals surface area contributed by atoms with Gasteiger partial charge in [-0.3, -0.25) is 9.78 Å². The lowest BCUT2D eigenvalue weighted by molar-refractivity contribution is 0.0683. The maximum atomic E-state index is 12.6. The van der Waals surface area contributed by atoms with Crippen molar-refractivity contribution in [3.8, 4) is 11.3 Å². The van der Waals surface area contributed by atoms with Gasteiger partial charge in [-0.15, -0.1) is 0 Å². The molecule has 0 spiro atoms. The number of rotatable bonds is 4. The zero-order valence-corrected chi connectivity index (χ0v) is 16.9. The molecule has 1 fully saturated rings. The lowest BCUT2D eigenvalue weighted by atomic mass is 9.91. The Hall–Kier alpha value is -3.16. The van der Waals surface area contributed by atoms with Gasteiger partial charge < -0.3 is 9.42 Å². The number of hydrogen-bond acceptors (Lipinski definition) is 7. The van der Waals surface area contributed by atoms with E-state index in [9.17, 15) is 4.79 Å². The summed E-state index contributed by atoms with van der Waals surface area (Å²) in [6.45, 7) is 7.11. The van der Waals surface area contributed by atoms with Crippen molar-refractivity contribution in [2.75, 3.05) is 13.1 Å². The van der Waals surface area contributed by atoms with Gasteiger partial charge in [0.25, 0.3) is 5.91 Å². The Kier molecular flexibility index (Phi) is 5.33. The van der Waals surface area contributed by atoms with Gasteiger partial charge in [0.2, 0.25) is 0 Å². The Morgan fingerprint density at radius 2 is 1.90 bits per heavy atom. The van der Waals surface area contributed by atoms with E-state index in [0.717, 1.165) is 66.5 Å². The van der Waals surface area contributed by atoms with Crippen LogP contribution in [0.2, 0.25) is 0 Å². The summed E-state index contributed by atoms with van der Waals surface area (Å²) in [5.41, 5.74) is 4.84. The molecule has 0 saturated carbocycles. The summed E-state index contributed by atoms with van der Waals surface area (Å²) >= 11 is 0. The first-order valence-corrected chi connectivity index (χ1v) is 9.83. The lowest BCUT2D eigenvalue weighted by Crippen LogP contribution is -2.39. The molecule has 150 valence electrons. The minimum absolute atomic E-state index is 0.0429. The van der Waals surface area contributed by atoms with Crippen molar-refractivity contribution in [2.45, 2.75) is 40.0 Å². The van der Waals surface area contributed by atoms with Crippen molar-refractivity contribution in [3.63, 3.8) is 0 Å². The number of nitrogens with zero attached hydrogens (tertiary/aromatic N) is 6. The van der Waals surface area contributed by atoms with Crippen molar-refractivity contribution in [2.24, 2.45) is 5.92 Å². The highest BCUT2D eigenvalue weighted by atomic mass is 16.5. The average Bonchev–Trinajstić information content (AvgIpc) is 3.07. The first-order valence-electron chi connectivity index (χ1n) is 9.83. The minimum Gasteiger partial charge on any atom is -0.361 e. The molecule has 8 heteroatoms. The van der Waals surface area contributed by atoms with E-state index in [1.165, 1.54) is 0 Å². The molecule has 1 saturated heterocycles. The second kappa shape index (κ2) is 8.06. The standard InChI is InChI=1S/C21H24N6O2/c1-13-10-23-19(11-22-13)21(28)27-6-4-16(5-7-27)8-17-9-18(25-12-24-17)20-14(2)26-29-15(20)3/h9-12,16H,4-8H2,1-3H3. The highest BCUT2D eigenvalue weighted by molar-refractivity contribution is 5.92. The van der Waals surface area contributed by atoms with E-state index in [0.29, 0.717) is 11.6 Å². The van der Waals surface area contributed by atoms with Crippen LogP contribution in [0, 0.1) is 26.7 Å². The molecule has 3 aromatic rings. The smallest absolute Gasteiger partial charge is 0.274 e. The van der Waals surface area contributed by atoms with E-state index in [4.69, 9.17) is 4.52 Å². The molecule has 4 rings (SSSR count). The van der Waals surface area contributed by atoms with Gasteiger partial charge in [-0.25, -0.2) is 15.0 Å². The highest BCUT2D eigenvalue weighted by Crippen LogP contribution is 2.27. The monoisotopic (exact) mass is 392 g/mol. The number of amides is 1. The number of piperidine rings is 1. The van der Waals surface area contributed by atoms with Crippen LogP contribution < -0.4 is 0 Å². The molecular weight excluding hydrogens is 368 g/mol. The summed E-state index contributed by atoms with van der Waals surface area (Å²) in [4.78, 5) is 31.7. The van der Waals surface area contributed by atoms with Gasteiger partial charge in [0.15, 0.2) is 0 Å². The van der Waals surface area contributed by atoms with Crippen LogP contribution in [0.25, 0.3) is 11.3 Å². The van der Waals surface area contributed by atoms with Crippen molar-refractivity contribution >= 4 is 5.91 Å². The number of carbonyl (C=O) groups excluding carboxylic acids is 1. The lowest BCUT2D eigenvalue weighted by Gasteiger charge is -2.31. The number of hydrogen-bond donors (Lipinski definition) is 0. The zero-order chi connectivity index (χ0) is 20.4. The van der Waals surface area contributed by atoms with Gasteiger partial charge in [-0.1, -0.05) is 5.16 Å². The molecule has 0 N–H and O–H groups in total. The van der Waals surface area contributed by atoms with Crippen LogP contribution in [-0.2, 0) is 6.42 Å². The molecule has 1 amide bonds. The van der Waals surface area contributed by atoms with Crippen LogP contribution in [-0.4, -0.2) is 49.0 Å². The number of carbonyl (C=O) groups is 1. The quantitative estimate of drug-likeness (QED) is 0.673. The molecule has 0 aliphatic carbocycles. The summed E-state index contributed by atoms with van der Waals surface area (Å²) < 4.78 is 5.26. The van der Waals surface area contributed by atoms with Gasteiger partial charge in [0.05, 0.1) is 28.8 Å². The van der Waals surface area contributed by atoms with Gasteiger partial charge in [-0.05, 0) is 52.0 Å². The summed E-state index contributed by atoms with van der Waals surface area (Å²) in [7, 11) is 0. The highest BCUT2D eigenvalue weighted by Gasteiger charge is 2.25. The van der Waals surface area contributed by atoms with Crippen LogP contribution >= 0.6 is 0 Å². The number of likely N-dealkylation sites (tertiary alicyclic amines) is 1. The third kappa shape index (κ3) is 4.16. The van der Waals surface area contributed by atoms with E-state index >= 15 is 0 Å². The van der Waals surface area contributed by atoms with Gasteiger partial charge in [0, 0.05) is 25.0 Å². The van der Waals surface area contributed by atoms with Crippen LogP contribution in [0.4, 0.5) is 0 Å². The second-order valence-corrected chi connectivity index (χ2v) is 7.58. The molecule has 3 aromatic heterocycles. The van der Waals surface area contributed by atoms with E-state index in [1.54, 1.807) is 18.7 Å². The van der Waals surface area contributed by atoms with Crippen LogP contribution in [0.3, 0.4) is 0 Å². The summed E-state index contributed by atoms with van der Waals surface area (Å²) in [6.07, 6.45) is 7.54. The van der Waals surface area contributed by atoms with E-state index in [2.05, 4.69) is 25.1 Å². The molecule has 0 bridgehead atoms. The molecular formula is C21H24N6O2. The van der Waals surface area contributed by atoms with E-state index < -0.39 is 0 Å². The van der Waals surface area contributed by atoms with Crippen molar-refractivity contribution < 1.29 is 9.32 Å². The first kappa shape index (κ1) is 19.2. The maximum Gasteiger partial charge on any atom is 0.274 e. The van der Waals surface area contributed by atoms with Crippen LogP contribution in [0.15, 0.2) is 29.3 Å². The van der Waals surface area contributed by atoms with Gasteiger partial charge in [0.1, 0.15) is 17.8 Å². The normalized spacial score (nSPS) is 14.9. The predicted octanol–water partition coefficient (Wildman–Crippen LogP) is 2.94. The molecule has 0 atom stereocenters. The Labute approximate surface area is 169 Å². The predicted molar refractivity (Wildman–Crippen MR) is 106 cm³/mol. The van der Waals surface area contributed by atoms with E-state index in [1.807, 2.05) is 31.7 Å². The molecule has 8 nitrogen and oxygen atoms in total. The van der Waals surface area contributed by atoms with Crippen LogP contribution in [0.5, 0.6) is 0 Å². The minimum atomic E-state index is -0.0429. The SMILES string of the molecule is Cc1cnc(C(=O)N2CCC(Cc3cc(-c4c(C)noc4C)ncn3)CC2)cn1. The molecule has 0 unspecified atom stereocenters. The summed E-state index contributed by atoms with van der Waals surface area (Å²) in [6, 6.07) is 2.02. The summed E-state index contributed by atoms with van der Waals surface area (Å²) in [5.74, 6) is 1.20. The maximum absolute atomic E-state index is 12.6. The van der Waals surface area contributed by atoms with Crippen LogP contribution in [0.1, 0.15) is 46.2 Å². The third-order valence-corrected chi connectivity index (χ3v) is 5.41. The van der Waals surface area contributed by atoms with Crippen molar-refractivity contribution in [1.82, 2.24) is 30.0 Å².